The second-order valence-corrected chi connectivity index (χ2v) is 4.05. The molecule has 0 amide bonds. The van der Waals surface area contributed by atoms with Gasteiger partial charge in [0, 0.05) is 5.02 Å². The molecule has 0 aliphatic carbocycles. The maximum Gasteiger partial charge on any atom is 0.198 e. The highest BCUT2D eigenvalue weighted by atomic mass is 35.5. The van der Waals surface area contributed by atoms with Crippen molar-refractivity contribution in [3.8, 4) is 11.5 Å². The van der Waals surface area contributed by atoms with E-state index in [1.807, 2.05) is 13.8 Å². The summed E-state index contributed by atoms with van der Waals surface area (Å²) in [6.07, 6.45) is 0. The Labute approximate surface area is 116 Å². The van der Waals surface area contributed by atoms with Crippen molar-refractivity contribution in [1.82, 2.24) is 0 Å². The van der Waals surface area contributed by atoms with Crippen LogP contribution in [0.4, 0.5) is 8.78 Å². The third kappa shape index (κ3) is 4.21. The molecule has 19 heavy (non-hydrogen) atoms. The largest absolute Gasteiger partial charge is 0.451 e. The molecule has 2 aromatic rings. The Kier molecular flexibility index (Phi) is 5.77. The van der Waals surface area contributed by atoms with E-state index in [2.05, 4.69) is 0 Å². The molecule has 0 aromatic heterocycles. The zero-order valence-corrected chi connectivity index (χ0v) is 11.8. The van der Waals surface area contributed by atoms with Crippen LogP contribution in [0.1, 0.15) is 19.4 Å². The number of hydrogen-bond donors (Lipinski definition) is 0. The number of benzene rings is 2. The van der Waals surface area contributed by atoms with Crippen LogP contribution < -0.4 is 4.74 Å². The summed E-state index contributed by atoms with van der Waals surface area (Å²) in [5, 5.41) is 0.530. The van der Waals surface area contributed by atoms with Crippen LogP contribution >= 0.6 is 11.6 Å². The normalized spacial score (nSPS) is 9.58. The predicted octanol–water partition coefficient (Wildman–Crippen LogP) is 5.75. The zero-order valence-electron chi connectivity index (χ0n) is 11.0. The van der Waals surface area contributed by atoms with Gasteiger partial charge in [-0.25, -0.2) is 8.78 Å². The molecule has 102 valence electrons. The molecule has 1 nitrogen and oxygen atoms in total. The number of aryl methyl sites for hydroxylation is 1. The molecule has 4 heteroatoms. The maximum atomic E-state index is 13.5. The highest BCUT2D eigenvalue weighted by molar-refractivity contribution is 6.30. The van der Waals surface area contributed by atoms with Gasteiger partial charge in [-0.1, -0.05) is 25.4 Å². The summed E-state index contributed by atoms with van der Waals surface area (Å²) in [5.74, 6) is -1.52. The van der Waals surface area contributed by atoms with Gasteiger partial charge < -0.3 is 4.74 Å². The Balaban J connectivity index is 0.000000861. The van der Waals surface area contributed by atoms with Crippen molar-refractivity contribution in [2.75, 3.05) is 0 Å². The molecule has 0 aliphatic rings. The van der Waals surface area contributed by atoms with E-state index in [1.165, 1.54) is 12.1 Å². The van der Waals surface area contributed by atoms with Crippen molar-refractivity contribution in [2.24, 2.45) is 0 Å². The molecule has 0 radical (unpaired) electrons. The average molecular weight is 285 g/mol. The summed E-state index contributed by atoms with van der Waals surface area (Å²) < 4.78 is 32.1. The van der Waals surface area contributed by atoms with Gasteiger partial charge in [0.15, 0.2) is 17.4 Å². The number of ether oxygens (including phenoxy) is 1. The summed E-state index contributed by atoms with van der Waals surface area (Å²) in [7, 11) is 0. The van der Waals surface area contributed by atoms with Crippen LogP contribution in [0.25, 0.3) is 0 Å². The van der Waals surface area contributed by atoms with Gasteiger partial charge in [0.05, 0.1) is 0 Å². The van der Waals surface area contributed by atoms with Crippen LogP contribution in [0.15, 0.2) is 36.4 Å². The minimum atomic E-state index is -0.725. The Morgan fingerprint density at radius 3 is 1.89 bits per heavy atom. The lowest BCUT2D eigenvalue weighted by atomic mass is 10.2. The first kappa shape index (κ1) is 15.4. The van der Waals surface area contributed by atoms with Crippen molar-refractivity contribution in [1.29, 1.82) is 0 Å². The molecule has 0 spiro atoms. The van der Waals surface area contributed by atoms with Crippen LogP contribution in [0.5, 0.6) is 11.5 Å². The van der Waals surface area contributed by atoms with Crippen LogP contribution in [0.3, 0.4) is 0 Å². The molecule has 2 aromatic carbocycles. The van der Waals surface area contributed by atoms with Gasteiger partial charge in [0.2, 0.25) is 0 Å². The molecule has 0 aliphatic heterocycles. The Hall–Kier alpha value is -1.61. The lowest BCUT2D eigenvalue weighted by molar-refractivity contribution is 0.407. The predicted molar refractivity (Wildman–Crippen MR) is 74.0 cm³/mol. The fourth-order valence-corrected chi connectivity index (χ4v) is 1.53. The number of rotatable bonds is 2. The Morgan fingerprint density at radius 2 is 1.42 bits per heavy atom. The van der Waals surface area contributed by atoms with Crippen molar-refractivity contribution in [2.45, 2.75) is 20.8 Å². The van der Waals surface area contributed by atoms with Crippen LogP contribution in [0.2, 0.25) is 5.02 Å². The quantitative estimate of drug-likeness (QED) is 0.683. The smallest absolute Gasteiger partial charge is 0.198 e. The highest BCUT2D eigenvalue weighted by Crippen LogP contribution is 2.29. The van der Waals surface area contributed by atoms with Crippen molar-refractivity contribution < 1.29 is 13.5 Å². The third-order valence-electron chi connectivity index (χ3n) is 2.18. The summed E-state index contributed by atoms with van der Waals surface area (Å²) >= 11 is 5.69. The standard InChI is InChI=1S/C13H9ClF2O.C2H6/c1-8-6-11(15)13(12(16)7-8)17-10-4-2-9(14)3-5-10;1-2/h2-7H,1H3;1-2H3. The van der Waals surface area contributed by atoms with E-state index >= 15 is 0 Å². The molecule has 2 rings (SSSR count). The van der Waals surface area contributed by atoms with Crippen LogP contribution in [-0.2, 0) is 0 Å². The van der Waals surface area contributed by atoms with Gasteiger partial charge in [0.1, 0.15) is 5.75 Å². The second-order valence-electron chi connectivity index (χ2n) is 3.61. The third-order valence-corrected chi connectivity index (χ3v) is 2.43. The first-order valence-electron chi connectivity index (χ1n) is 5.95. The first-order valence-corrected chi connectivity index (χ1v) is 6.33. The number of halogens is 3. The molecule has 0 atom stereocenters. The average Bonchev–Trinajstić information content (AvgIpc) is 2.38. The van der Waals surface area contributed by atoms with Crippen molar-refractivity contribution in [3.63, 3.8) is 0 Å². The van der Waals surface area contributed by atoms with E-state index in [-0.39, 0.29) is 0 Å². The maximum absolute atomic E-state index is 13.5. The molecule has 0 unspecified atom stereocenters. The van der Waals surface area contributed by atoms with Gasteiger partial charge in [-0.15, -0.1) is 0 Å². The summed E-state index contributed by atoms with van der Waals surface area (Å²) in [5.41, 5.74) is 0.503. The van der Waals surface area contributed by atoms with E-state index in [9.17, 15) is 8.78 Å². The SMILES string of the molecule is CC.Cc1cc(F)c(Oc2ccc(Cl)cc2)c(F)c1. The van der Waals surface area contributed by atoms with Crippen molar-refractivity contribution in [3.05, 3.63) is 58.6 Å². The minimum absolute atomic E-state index is 0.330. The van der Waals surface area contributed by atoms with E-state index in [4.69, 9.17) is 16.3 Å². The van der Waals surface area contributed by atoms with Gasteiger partial charge in [-0.05, 0) is 48.9 Å². The topological polar surface area (TPSA) is 9.23 Å². The highest BCUT2D eigenvalue weighted by Gasteiger charge is 2.12. The van der Waals surface area contributed by atoms with Gasteiger partial charge in [-0.2, -0.15) is 0 Å². The van der Waals surface area contributed by atoms with E-state index in [1.54, 1.807) is 31.2 Å². The van der Waals surface area contributed by atoms with Gasteiger partial charge in [0.25, 0.3) is 0 Å². The monoisotopic (exact) mass is 284 g/mol. The number of hydrogen-bond acceptors (Lipinski definition) is 1. The molecular weight excluding hydrogens is 270 g/mol. The Bertz CT molecular complexity index is 515. The summed E-state index contributed by atoms with van der Waals surface area (Å²) in [6.45, 7) is 5.61. The second kappa shape index (κ2) is 7.10. The summed E-state index contributed by atoms with van der Waals surface area (Å²) in [4.78, 5) is 0. The van der Waals surface area contributed by atoms with E-state index in [0.29, 0.717) is 16.3 Å². The molecule has 0 heterocycles. The molecular formula is C15H15ClF2O. The lowest BCUT2D eigenvalue weighted by Crippen LogP contribution is -1.93. The fraction of sp³-hybridized carbons (Fsp3) is 0.200. The summed E-state index contributed by atoms with van der Waals surface area (Å²) in [6, 6.07) is 8.69. The molecule has 0 fully saturated rings. The van der Waals surface area contributed by atoms with E-state index < -0.39 is 17.4 Å². The zero-order chi connectivity index (χ0) is 14.4. The van der Waals surface area contributed by atoms with E-state index in [0.717, 1.165) is 0 Å². The van der Waals surface area contributed by atoms with Gasteiger partial charge >= 0.3 is 0 Å². The molecule has 0 N–H and O–H groups in total. The van der Waals surface area contributed by atoms with Crippen LogP contribution in [-0.4, -0.2) is 0 Å². The van der Waals surface area contributed by atoms with Gasteiger partial charge in [-0.3, -0.25) is 0 Å². The lowest BCUT2D eigenvalue weighted by Gasteiger charge is -2.08. The molecule has 0 saturated heterocycles. The molecule has 0 saturated carbocycles. The minimum Gasteiger partial charge on any atom is -0.451 e. The van der Waals surface area contributed by atoms with Crippen molar-refractivity contribution >= 4 is 11.6 Å². The molecule has 0 bridgehead atoms. The van der Waals surface area contributed by atoms with Crippen LogP contribution in [0, 0.1) is 18.6 Å². The fourth-order valence-electron chi connectivity index (χ4n) is 1.40. The first-order chi connectivity index (χ1) is 9.06. The Morgan fingerprint density at radius 1 is 0.947 bits per heavy atom.